The van der Waals surface area contributed by atoms with E-state index in [2.05, 4.69) is 47.6 Å². The molecular weight excluding hydrogens is 236 g/mol. The smallest absolute Gasteiger partial charge is 0.127 e. The molecule has 106 valence electrons. The van der Waals surface area contributed by atoms with Crippen LogP contribution < -0.4 is 9.47 Å². The van der Waals surface area contributed by atoms with Crippen LogP contribution in [0, 0.1) is 0 Å². The average Bonchev–Trinajstić information content (AvgIpc) is 2.97. The first kappa shape index (κ1) is 14.2. The van der Waals surface area contributed by atoms with Gasteiger partial charge in [-0.15, -0.1) is 0 Å². The van der Waals surface area contributed by atoms with Crippen LogP contribution in [-0.2, 0) is 5.41 Å². The maximum atomic E-state index is 6.12. The summed E-state index contributed by atoms with van der Waals surface area (Å²) in [6.07, 6.45) is 2.76. The number of hydrogen-bond acceptors (Lipinski definition) is 2. The van der Waals surface area contributed by atoms with E-state index >= 15 is 0 Å². The summed E-state index contributed by atoms with van der Waals surface area (Å²) in [6, 6.07) is 6.13. The second kappa shape index (κ2) is 4.73. The highest BCUT2D eigenvalue weighted by molar-refractivity contribution is 5.49. The lowest BCUT2D eigenvalue weighted by Gasteiger charge is -2.29. The van der Waals surface area contributed by atoms with E-state index in [0.717, 1.165) is 11.5 Å². The third-order valence-electron chi connectivity index (χ3n) is 2.97. The Morgan fingerprint density at radius 1 is 0.947 bits per heavy atom. The summed E-state index contributed by atoms with van der Waals surface area (Å²) in [5, 5.41) is 0. The second-order valence-corrected chi connectivity index (χ2v) is 7.41. The molecule has 0 spiro atoms. The van der Waals surface area contributed by atoms with Crippen LogP contribution in [0.2, 0.25) is 0 Å². The molecule has 2 heteroatoms. The lowest BCUT2D eigenvalue weighted by molar-refractivity contribution is 0.126. The maximum absolute atomic E-state index is 6.12. The van der Waals surface area contributed by atoms with Crippen LogP contribution >= 0.6 is 0 Å². The Morgan fingerprint density at radius 3 is 2.00 bits per heavy atom. The zero-order valence-corrected chi connectivity index (χ0v) is 13.0. The maximum Gasteiger partial charge on any atom is 0.127 e. The first-order chi connectivity index (χ1) is 8.67. The zero-order chi connectivity index (χ0) is 14.3. The molecule has 0 unspecified atom stereocenters. The molecule has 0 aliphatic heterocycles. The highest BCUT2D eigenvalue weighted by Gasteiger charge is 2.30. The Hall–Kier alpha value is -1.18. The first-order valence-corrected chi connectivity index (χ1v) is 7.16. The van der Waals surface area contributed by atoms with Crippen molar-refractivity contribution in [2.75, 3.05) is 0 Å². The van der Waals surface area contributed by atoms with Crippen LogP contribution in [0.1, 0.15) is 59.9 Å². The molecule has 0 bridgehead atoms. The van der Waals surface area contributed by atoms with Crippen LogP contribution in [0.25, 0.3) is 0 Å². The zero-order valence-electron chi connectivity index (χ0n) is 13.0. The minimum atomic E-state index is -0.196. The molecule has 19 heavy (non-hydrogen) atoms. The highest BCUT2D eigenvalue weighted by Crippen LogP contribution is 2.42. The Kier molecular flexibility index (Phi) is 3.55. The van der Waals surface area contributed by atoms with Gasteiger partial charge in [-0.3, -0.25) is 0 Å². The van der Waals surface area contributed by atoms with Gasteiger partial charge in [0.2, 0.25) is 0 Å². The molecule has 1 fully saturated rings. The average molecular weight is 262 g/mol. The summed E-state index contributed by atoms with van der Waals surface area (Å²) in [7, 11) is 0. The van der Waals surface area contributed by atoms with Crippen molar-refractivity contribution in [3.05, 3.63) is 23.8 Å². The van der Waals surface area contributed by atoms with Crippen molar-refractivity contribution in [2.24, 2.45) is 0 Å². The first-order valence-electron chi connectivity index (χ1n) is 7.16. The van der Waals surface area contributed by atoms with Gasteiger partial charge >= 0.3 is 0 Å². The number of rotatable bonds is 3. The molecule has 0 N–H and O–H groups in total. The molecule has 1 saturated carbocycles. The summed E-state index contributed by atoms with van der Waals surface area (Å²) < 4.78 is 12.2. The van der Waals surface area contributed by atoms with Crippen LogP contribution in [0.3, 0.4) is 0 Å². The van der Waals surface area contributed by atoms with E-state index < -0.39 is 0 Å². The number of ether oxygens (including phenoxy) is 2. The van der Waals surface area contributed by atoms with Crippen LogP contribution in [0.15, 0.2) is 18.2 Å². The molecule has 1 aliphatic carbocycles. The minimum absolute atomic E-state index is 0.00602. The SMILES string of the molecule is CC(C)(C)Oc1cccc(OC2CC2)c1C(C)(C)C. The standard InChI is InChI=1S/C17H26O2/c1-16(2,3)15-13(18-12-10-11-12)8-7-9-14(15)19-17(4,5)6/h7-9,12H,10-11H2,1-6H3. The molecule has 0 amide bonds. The third kappa shape index (κ3) is 3.89. The van der Waals surface area contributed by atoms with Gasteiger partial charge in [0.05, 0.1) is 6.10 Å². The molecule has 0 atom stereocenters. The normalized spacial score (nSPS) is 16.3. The molecule has 0 radical (unpaired) electrons. The molecule has 1 aliphatic rings. The largest absolute Gasteiger partial charge is 0.490 e. The van der Waals surface area contributed by atoms with Gasteiger partial charge in [0, 0.05) is 5.56 Å². The van der Waals surface area contributed by atoms with E-state index in [9.17, 15) is 0 Å². The summed E-state index contributed by atoms with van der Waals surface area (Å²) in [6.45, 7) is 12.8. The fraction of sp³-hybridized carbons (Fsp3) is 0.647. The topological polar surface area (TPSA) is 18.5 Å². The van der Waals surface area contributed by atoms with Crippen molar-refractivity contribution >= 4 is 0 Å². The molecule has 0 saturated heterocycles. The summed E-state index contributed by atoms with van der Waals surface area (Å²) in [5.74, 6) is 1.93. The Labute approximate surface area is 117 Å². The van der Waals surface area contributed by atoms with E-state index in [0.29, 0.717) is 6.10 Å². The Morgan fingerprint density at radius 2 is 1.53 bits per heavy atom. The Bertz CT molecular complexity index is 445. The fourth-order valence-corrected chi connectivity index (χ4v) is 2.13. The lowest BCUT2D eigenvalue weighted by atomic mass is 9.85. The van der Waals surface area contributed by atoms with E-state index in [1.807, 2.05) is 12.1 Å². The van der Waals surface area contributed by atoms with E-state index in [1.165, 1.54) is 18.4 Å². The van der Waals surface area contributed by atoms with Gasteiger partial charge in [-0.25, -0.2) is 0 Å². The predicted octanol–water partition coefficient (Wildman–Crippen LogP) is 4.70. The van der Waals surface area contributed by atoms with Crippen molar-refractivity contribution in [2.45, 2.75) is 71.5 Å². The van der Waals surface area contributed by atoms with Gasteiger partial charge in [0.1, 0.15) is 17.1 Å². The third-order valence-corrected chi connectivity index (χ3v) is 2.97. The van der Waals surface area contributed by atoms with Crippen LogP contribution in [0.5, 0.6) is 11.5 Å². The molecule has 2 rings (SSSR count). The van der Waals surface area contributed by atoms with Gasteiger partial charge in [-0.05, 0) is 51.2 Å². The van der Waals surface area contributed by atoms with Gasteiger partial charge in [-0.1, -0.05) is 26.8 Å². The van der Waals surface area contributed by atoms with Gasteiger partial charge in [0.25, 0.3) is 0 Å². The monoisotopic (exact) mass is 262 g/mol. The summed E-state index contributed by atoms with van der Waals surface area (Å²) >= 11 is 0. The second-order valence-electron chi connectivity index (χ2n) is 7.41. The van der Waals surface area contributed by atoms with E-state index in [4.69, 9.17) is 9.47 Å². The van der Waals surface area contributed by atoms with Crippen LogP contribution in [-0.4, -0.2) is 11.7 Å². The van der Waals surface area contributed by atoms with Crippen LogP contribution in [0.4, 0.5) is 0 Å². The number of benzene rings is 1. The molecule has 0 aromatic heterocycles. The molecule has 1 aromatic rings. The molecule has 1 aromatic carbocycles. The number of hydrogen-bond donors (Lipinski definition) is 0. The lowest BCUT2D eigenvalue weighted by Crippen LogP contribution is -2.26. The van der Waals surface area contributed by atoms with Gasteiger partial charge in [0.15, 0.2) is 0 Å². The molecular formula is C17H26O2. The summed E-state index contributed by atoms with van der Waals surface area (Å²) in [5.41, 5.74) is 0.987. The van der Waals surface area contributed by atoms with Gasteiger partial charge < -0.3 is 9.47 Å². The van der Waals surface area contributed by atoms with Crippen molar-refractivity contribution < 1.29 is 9.47 Å². The molecule has 2 nitrogen and oxygen atoms in total. The summed E-state index contributed by atoms with van der Waals surface area (Å²) in [4.78, 5) is 0. The van der Waals surface area contributed by atoms with E-state index in [1.54, 1.807) is 0 Å². The minimum Gasteiger partial charge on any atom is -0.490 e. The van der Waals surface area contributed by atoms with Crippen molar-refractivity contribution in [1.82, 2.24) is 0 Å². The van der Waals surface area contributed by atoms with Crippen molar-refractivity contribution in [1.29, 1.82) is 0 Å². The Balaban J connectivity index is 2.40. The van der Waals surface area contributed by atoms with Gasteiger partial charge in [-0.2, -0.15) is 0 Å². The highest BCUT2D eigenvalue weighted by atomic mass is 16.5. The van der Waals surface area contributed by atoms with E-state index in [-0.39, 0.29) is 11.0 Å². The molecule has 0 heterocycles. The van der Waals surface area contributed by atoms with Crippen molar-refractivity contribution in [3.8, 4) is 11.5 Å². The van der Waals surface area contributed by atoms with Crippen molar-refractivity contribution in [3.63, 3.8) is 0 Å². The quantitative estimate of drug-likeness (QED) is 0.786. The fourth-order valence-electron chi connectivity index (χ4n) is 2.13. The predicted molar refractivity (Wildman–Crippen MR) is 79.2 cm³/mol.